The van der Waals surface area contributed by atoms with Crippen LogP contribution >= 0.6 is 0 Å². The molecule has 0 heterocycles. The van der Waals surface area contributed by atoms with Crippen LogP contribution in [0.4, 0.5) is 4.79 Å². The molecule has 0 aromatic rings. The van der Waals surface area contributed by atoms with E-state index in [1.54, 1.807) is 0 Å². The Morgan fingerprint density at radius 1 is 1.33 bits per heavy atom. The first-order chi connectivity index (χ1) is 1.73. The van der Waals surface area contributed by atoms with Gasteiger partial charge in [0.15, 0.2) is 0 Å². The fourth-order valence-corrected chi connectivity index (χ4v) is 0. The Labute approximate surface area is 90.0 Å². The SMILES string of the molecule is O=C([O-])[O-].[Ca+2].[Y+3]. The van der Waals surface area contributed by atoms with Gasteiger partial charge in [-0.3, -0.25) is 0 Å². The Morgan fingerprint density at radius 2 is 1.33 bits per heavy atom. The zero-order valence-corrected chi connectivity index (χ0v) is 8.06. The second-order valence-corrected chi connectivity index (χ2v) is 0.250. The van der Waals surface area contributed by atoms with Crippen LogP contribution < -0.4 is 10.2 Å². The molecule has 3 nitrogen and oxygen atoms in total. The van der Waals surface area contributed by atoms with E-state index in [0.29, 0.717) is 0 Å². The molecule has 0 N–H and O–H groups in total. The first-order valence-electron chi connectivity index (χ1n) is 0.612. The van der Waals surface area contributed by atoms with Crippen LogP contribution in [0.3, 0.4) is 0 Å². The molecule has 0 aliphatic carbocycles. The topological polar surface area (TPSA) is 63.2 Å². The Balaban J connectivity index is -0.0000000450. The minimum Gasteiger partial charge on any atom is -0.652 e. The Kier molecular flexibility index (Phi) is 25.6. The molecule has 0 spiro atoms. The summed E-state index contributed by atoms with van der Waals surface area (Å²) in [5.74, 6) is 0. The van der Waals surface area contributed by atoms with Gasteiger partial charge in [0, 0.05) is 0 Å². The molecule has 0 saturated heterocycles. The maximum Gasteiger partial charge on any atom is 3.00 e. The molecule has 0 radical (unpaired) electrons. The third-order valence-corrected chi connectivity index (χ3v) is 0. The van der Waals surface area contributed by atoms with E-state index in [4.69, 9.17) is 15.0 Å². The van der Waals surface area contributed by atoms with E-state index < -0.39 is 6.16 Å². The Hall–Kier alpha value is 1.63. The quantitative estimate of drug-likeness (QED) is 0.386. The summed E-state index contributed by atoms with van der Waals surface area (Å²) in [5, 5.41) is 16.7. The molecule has 0 unspecified atom stereocenters. The van der Waals surface area contributed by atoms with Gasteiger partial charge in [0.2, 0.25) is 0 Å². The molecule has 0 aliphatic heterocycles. The summed E-state index contributed by atoms with van der Waals surface area (Å²) in [6.07, 6.45) is -2.33. The summed E-state index contributed by atoms with van der Waals surface area (Å²) in [7, 11) is 0. The minimum atomic E-state index is -2.33. The summed E-state index contributed by atoms with van der Waals surface area (Å²) in [6, 6.07) is 0. The second kappa shape index (κ2) is 9.81. The van der Waals surface area contributed by atoms with E-state index in [1.807, 2.05) is 0 Å². The van der Waals surface area contributed by atoms with Gasteiger partial charge < -0.3 is 15.0 Å². The maximum absolute atomic E-state index is 8.33. The van der Waals surface area contributed by atoms with Crippen LogP contribution in [-0.2, 0) is 32.7 Å². The van der Waals surface area contributed by atoms with Crippen molar-refractivity contribution in [2.45, 2.75) is 0 Å². The molecule has 0 aromatic heterocycles. The number of carboxylic acid groups (broad SMARTS) is 2. The average molecular weight is 189 g/mol. The van der Waals surface area contributed by atoms with Gasteiger partial charge in [-0.1, -0.05) is 0 Å². The molecular formula is CCaO3Y+3. The first-order valence-corrected chi connectivity index (χ1v) is 0.612. The monoisotopic (exact) mass is 189 g/mol. The first kappa shape index (κ1) is 15.6. The molecule has 0 saturated carbocycles. The van der Waals surface area contributed by atoms with E-state index in [0.717, 1.165) is 0 Å². The van der Waals surface area contributed by atoms with Crippen molar-refractivity contribution >= 4 is 43.9 Å². The maximum atomic E-state index is 8.33. The smallest absolute Gasteiger partial charge is 0.652 e. The van der Waals surface area contributed by atoms with Gasteiger partial charge >= 0.3 is 70.4 Å². The summed E-state index contributed by atoms with van der Waals surface area (Å²) >= 11 is 0. The normalized spacial score (nSPS) is 4.00. The van der Waals surface area contributed by atoms with E-state index in [1.165, 1.54) is 0 Å². The van der Waals surface area contributed by atoms with E-state index >= 15 is 0 Å². The molecule has 6 heavy (non-hydrogen) atoms. The minimum absolute atomic E-state index is 0. The molecule has 0 rings (SSSR count). The third-order valence-electron chi connectivity index (χ3n) is 0. The molecule has 24 valence electrons. The van der Waals surface area contributed by atoms with Crippen LogP contribution in [0.15, 0.2) is 0 Å². The van der Waals surface area contributed by atoms with Crippen LogP contribution in [0.5, 0.6) is 0 Å². The predicted molar refractivity (Wildman–Crippen MR) is 11.1 cm³/mol. The summed E-state index contributed by atoms with van der Waals surface area (Å²) < 4.78 is 0. The molecule has 0 aliphatic rings. The molecule has 0 bridgehead atoms. The zero-order valence-electron chi connectivity index (χ0n) is 3.01. The molecule has 0 amide bonds. The Bertz CT molecular complexity index is 33.8. The van der Waals surface area contributed by atoms with Crippen LogP contribution in [-0.4, -0.2) is 43.9 Å². The number of rotatable bonds is 0. The van der Waals surface area contributed by atoms with Gasteiger partial charge in [-0.05, 0) is 6.16 Å². The van der Waals surface area contributed by atoms with Crippen LogP contribution in [0.2, 0.25) is 0 Å². The average Bonchev–Trinajstić information content (AvgIpc) is 0.811. The van der Waals surface area contributed by atoms with Crippen molar-refractivity contribution in [1.82, 2.24) is 0 Å². The van der Waals surface area contributed by atoms with Crippen molar-refractivity contribution in [2.75, 3.05) is 0 Å². The largest absolute Gasteiger partial charge is 3.00 e. The van der Waals surface area contributed by atoms with Crippen molar-refractivity contribution in [2.24, 2.45) is 0 Å². The molecule has 0 aromatic carbocycles. The van der Waals surface area contributed by atoms with Crippen molar-refractivity contribution < 1.29 is 47.7 Å². The Morgan fingerprint density at radius 3 is 1.33 bits per heavy atom. The third kappa shape index (κ3) is 45.3. The van der Waals surface area contributed by atoms with Gasteiger partial charge in [-0.15, -0.1) is 0 Å². The van der Waals surface area contributed by atoms with Gasteiger partial charge in [0.1, 0.15) is 0 Å². The van der Waals surface area contributed by atoms with Gasteiger partial charge in [0.05, 0.1) is 0 Å². The van der Waals surface area contributed by atoms with Crippen molar-refractivity contribution in [3.8, 4) is 0 Å². The van der Waals surface area contributed by atoms with Crippen LogP contribution in [0.1, 0.15) is 0 Å². The van der Waals surface area contributed by atoms with Crippen molar-refractivity contribution in [3.05, 3.63) is 0 Å². The standard InChI is InChI=1S/CH2O3.Ca.Y/c2-1(3)4;;/h(H2,2,3,4);;/q;+2;+3/p-2. The molecule has 0 atom stereocenters. The summed E-state index contributed by atoms with van der Waals surface area (Å²) in [4.78, 5) is 8.33. The van der Waals surface area contributed by atoms with E-state index in [9.17, 15) is 0 Å². The fraction of sp³-hybridized carbons (Fsp3) is 0. The van der Waals surface area contributed by atoms with Crippen molar-refractivity contribution in [3.63, 3.8) is 0 Å². The number of hydrogen-bond donors (Lipinski definition) is 0. The van der Waals surface area contributed by atoms with Gasteiger partial charge in [-0.25, -0.2) is 0 Å². The second-order valence-electron chi connectivity index (χ2n) is 0.250. The van der Waals surface area contributed by atoms with E-state index in [-0.39, 0.29) is 70.4 Å². The number of hydrogen-bond acceptors (Lipinski definition) is 3. The van der Waals surface area contributed by atoms with Crippen molar-refractivity contribution in [1.29, 1.82) is 0 Å². The van der Waals surface area contributed by atoms with Crippen LogP contribution in [0, 0.1) is 0 Å². The van der Waals surface area contributed by atoms with Gasteiger partial charge in [-0.2, -0.15) is 0 Å². The predicted octanol–water partition coefficient (Wildman–Crippen LogP) is -2.83. The molecule has 5 heteroatoms. The summed E-state index contributed by atoms with van der Waals surface area (Å²) in [5.41, 5.74) is 0. The fourth-order valence-electron chi connectivity index (χ4n) is 0. The number of carbonyl (C=O) groups excluding carboxylic acids is 1. The van der Waals surface area contributed by atoms with Gasteiger partial charge in [0.25, 0.3) is 0 Å². The molecule has 0 fully saturated rings. The number of carbonyl (C=O) groups is 1. The van der Waals surface area contributed by atoms with Crippen LogP contribution in [0.25, 0.3) is 0 Å². The zero-order chi connectivity index (χ0) is 3.58. The van der Waals surface area contributed by atoms with E-state index in [2.05, 4.69) is 0 Å². The summed E-state index contributed by atoms with van der Waals surface area (Å²) in [6.45, 7) is 0. The molecular weight excluding hydrogens is 189 g/mol.